The van der Waals surface area contributed by atoms with Gasteiger partial charge >= 0.3 is 5.97 Å². The average molecular weight is 407 g/mol. The molecule has 0 fully saturated rings. The quantitative estimate of drug-likeness (QED) is 0.195. The lowest BCUT2D eigenvalue weighted by Crippen LogP contribution is -2.41. The molecule has 0 aromatic heterocycles. The van der Waals surface area contributed by atoms with Crippen molar-refractivity contribution in [1.82, 2.24) is 0 Å². The van der Waals surface area contributed by atoms with E-state index in [1.165, 1.54) is 70.6 Å². The third kappa shape index (κ3) is 12.7. The number of unbranched alkanes of at least 4 members (excludes halogenated alkanes) is 13. The molecule has 1 atom stereocenters. The normalized spacial score (nSPS) is 13.3. The van der Waals surface area contributed by atoms with Crippen LogP contribution in [0.25, 0.3) is 0 Å². The Labute approximate surface area is 177 Å². The Kier molecular flexibility index (Phi) is 14.5. The third-order valence-electron chi connectivity index (χ3n) is 5.52. The molecule has 0 amide bonds. The molecule has 0 heterocycles. The Morgan fingerprint density at radius 3 is 1.69 bits per heavy atom. The van der Waals surface area contributed by atoms with Gasteiger partial charge in [0, 0.05) is 6.42 Å². The number of aliphatic hydroxyl groups is 1. The monoisotopic (exact) mass is 406 g/mol. The van der Waals surface area contributed by atoms with Gasteiger partial charge in [0.2, 0.25) is 0 Å². The van der Waals surface area contributed by atoms with E-state index in [9.17, 15) is 15.0 Å². The minimum atomic E-state index is -2.09. The van der Waals surface area contributed by atoms with Crippen molar-refractivity contribution in [3.8, 4) is 0 Å². The molecule has 1 rings (SSSR count). The largest absolute Gasteiger partial charge is 0.477 e. The summed E-state index contributed by atoms with van der Waals surface area (Å²) in [4.78, 5) is 11.4. The van der Waals surface area contributed by atoms with Crippen LogP contribution in [0.1, 0.15) is 109 Å². The predicted octanol–water partition coefficient (Wildman–Crippen LogP) is 6.85. The predicted molar refractivity (Wildman–Crippen MR) is 119 cm³/mol. The average Bonchev–Trinajstić information content (AvgIpc) is 2.73. The van der Waals surface area contributed by atoms with Crippen LogP contribution in [0.3, 0.4) is 0 Å². The van der Waals surface area contributed by atoms with Crippen LogP contribution in [-0.4, -0.2) is 22.0 Å². The summed E-state index contributed by atoms with van der Waals surface area (Å²) in [6, 6.07) is 9.34. The van der Waals surface area contributed by atoms with Crippen molar-refractivity contribution >= 4 is 5.97 Å². The molecule has 4 nitrogen and oxygen atoms in total. The highest BCUT2D eigenvalue weighted by atomic mass is 16.6. The number of hydrogen-bond donors (Lipinski definition) is 2. The van der Waals surface area contributed by atoms with Gasteiger partial charge in [-0.15, -0.1) is 0 Å². The van der Waals surface area contributed by atoms with E-state index in [-0.39, 0.29) is 13.0 Å². The number of carboxylic acids is 1. The number of benzene rings is 1. The summed E-state index contributed by atoms with van der Waals surface area (Å²) in [5.41, 5.74) is 0.855. The molecule has 166 valence electrons. The summed E-state index contributed by atoms with van der Waals surface area (Å²) in [5.74, 6) is -3.39. The van der Waals surface area contributed by atoms with Crippen LogP contribution in [0.4, 0.5) is 0 Å². The molecule has 0 spiro atoms. The van der Waals surface area contributed by atoms with E-state index in [0.717, 1.165) is 18.4 Å². The van der Waals surface area contributed by atoms with Gasteiger partial charge in [0.05, 0.1) is 6.61 Å². The molecule has 0 aliphatic heterocycles. The molecular formula is C25H42O4. The van der Waals surface area contributed by atoms with Gasteiger partial charge in [-0.25, -0.2) is 4.79 Å². The summed E-state index contributed by atoms with van der Waals surface area (Å²) in [7, 11) is 0. The van der Waals surface area contributed by atoms with E-state index >= 15 is 0 Å². The van der Waals surface area contributed by atoms with Crippen molar-refractivity contribution in [3.63, 3.8) is 0 Å². The van der Waals surface area contributed by atoms with E-state index < -0.39 is 11.8 Å². The Bertz CT molecular complexity index is 517. The van der Waals surface area contributed by atoms with Gasteiger partial charge in [0.25, 0.3) is 5.79 Å². The maximum atomic E-state index is 11.4. The van der Waals surface area contributed by atoms with Crippen molar-refractivity contribution in [3.05, 3.63) is 35.9 Å². The number of rotatable bonds is 19. The van der Waals surface area contributed by atoms with E-state index in [0.29, 0.717) is 6.42 Å². The zero-order valence-electron chi connectivity index (χ0n) is 18.4. The Hall–Kier alpha value is -1.39. The molecule has 1 unspecified atom stereocenters. The number of ether oxygens (including phenoxy) is 1. The molecule has 0 bridgehead atoms. The SMILES string of the molecule is CCCCCCCCCCCCCCCCC(O)(OCc1ccccc1)C(=O)O. The van der Waals surface area contributed by atoms with Gasteiger partial charge in [-0.2, -0.15) is 0 Å². The molecule has 0 aliphatic carbocycles. The fourth-order valence-electron chi connectivity index (χ4n) is 3.58. The van der Waals surface area contributed by atoms with Gasteiger partial charge in [-0.05, 0) is 12.0 Å². The highest BCUT2D eigenvalue weighted by Gasteiger charge is 2.36. The van der Waals surface area contributed by atoms with Gasteiger partial charge in [-0.1, -0.05) is 121 Å². The Balaban J connectivity index is 2.02. The number of aliphatic carboxylic acids is 1. The third-order valence-corrected chi connectivity index (χ3v) is 5.52. The minimum absolute atomic E-state index is 0.0994. The molecule has 4 heteroatoms. The molecule has 0 radical (unpaired) electrons. The van der Waals surface area contributed by atoms with Crippen LogP contribution < -0.4 is 0 Å². The Morgan fingerprint density at radius 2 is 1.24 bits per heavy atom. The molecule has 0 saturated heterocycles. The highest BCUT2D eigenvalue weighted by Crippen LogP contribution is 2.21. The molecule has 0 saturated carbocycles. The molecular weight excluding hydrogens is 364 g/mol. The fourth-order valence-corrected chi connectivity index (χ4v) is 3.58. The zero-order valence-corrected chi connectivity index (χ0v) is 18.4. The number of carboxylic acid groups (broad SMARTS) is 1. The first-order valence-corrected chi connectivity index (χ1v) is 11.7. The van der Waals surface area contributed by atoms with Gasteiger partial charge in [-0.3, -0.25) is 0 Å². The first-order valence-electron chi connectivity index (χ1n) is 11.7. The maximum absolute atomic E-state index is 11.4. The van der Waals surface area contributed by atoms with Crippen molar-refractivity contribution in [1.29, 1.82) is 0 Å². The molecule has 1 aromatic rings. The summed E-state index contributed by atoms with van der Waals surface area (Å²) in [5, 5.41) is 19.7. The van der Waals surface area contributed by atoms with Crippen molar-refractivity contribution in [2.45, 2.75) is 116 Å². The fraction of sp³-hybridized carbons (Fsp3) is 0.720. The lowest BCUT2D eigenvalue weighted by Gasteiger charge is -2.23. The first-order chi connectivity index (χ1) is 14.1. The lowest BCUT2D eigenvalue weighted by atomic mass is 10.0. The number of carbonyl (C=O) groups is 1. The summed E-state index contributed by atoms with van der Waals surface area (Å²) in [6.07, 6.45) is 17.5. The van der Waals surface area contributed by atoms with Crippen molar-refractivity contribution in [2.24, 2.45) is 0 Å². The lowest BCUT2D eigenvalue weighted by molar-refractivity contribution is -0.230. The second-order valence-electron chi connectivity index (χ2n) is 8.21. The van der Waals surface area contributed by atoms with Crippen LogP contribution in [0.15, 0.2) is 30.3 Å². The van der Waals surface area contributed by atoms with E-state index in [1.54, 1.807) is 0 Å². The van der Waals surface area contributed by atoms with Crippen LogP contribution in [0, 0.1) is 0 Å². The van der Waals surface area contributed by atoms with Crippen LogP contribution in [0.5, 0.6) is 0 Å². The number of hydrogen-bond acceptors (Lipinski definition) is 3. The summed E-state index contributed by atoms with van der Waals surface area (Å²) >= 11 is 0. The molecule has 1 aromatic carbocycles. The van der Waals surface area contributed by atoms with Gasteiger partial charge in [0.1, 0.15) is 0 Å². The van der Waals surface area contributed by atoms with E-state index in [4.69, 9.17) is 4.74 Å². The first kappa shape index (κ1) is 25.6. The molecule has 2 N–H and O–H groups in total. The topological polar surface area (TPSA) is 66.8 Å². The van der Waals surface area contributed by atoms with Gasteiger partial charge < -0.3 is 14.9 Å². The second-order valence-corrected chi connectivity index (χ2v) is 8.21. The minimum Gasteiger partial charge on any atom is -0.477 e. The highest BCUT2D eigenvalue weighted by molar-refractivity contribution is 5.75. The summed E-state index contributed by atoms with van der Waals surface area (Å²) in [6.45, 7) is 2.36. The van der Waals surface area contributed by atoms with Crippen molar-refractivity contribution < 1.29 is 19.7 Å². The van der Waals surface area contributed by atoms with Crippen LogP contribution in [-0.2, 0) is 16.1 Å². The second kappa shape index (κ2) is 16.4. The maximum Gasteiger partial charge on any atom is 0.364 e. The summed E-state index contributed by atoms with van der Waals surface area (Å²) < 4.78 is 5.35. The van der Waals surface area contributed by atoms with Gasteiger partial charge in [0.15, 0.2) is 0 Å². The van der Waals surface area contributed by atoms with Crippen molar-refractivity contribution in [2.75, 3.05) is 0 Å². The van der Waals surface area contributed by atoms with Crippen LogP contribution >= 0.6 is 0 Å². The molecule has 29 heavy (non-hydrogen) atoms. The van der Waals surface area contributed by atoms with E-state index in [1.807, 2.05) is 30.3 Å². The van der Waals surface area contributed by atoms with Crippen LogP contribution in [0.2, 0.25) is 0 Å². The van der Waals surface area contributed by atoms with E-state index in [2.05, 4.69) is 6.92 Å². The molecule has 0 aliphatic rings. The smallest absolute Gasteiger partial charge is 0.364 e. The Morgan fingerprint density at radius 1 is 0.793 bits per heavy atom. The zero-order chi connectivity index (χ0) is 21.2. The standard InChI is InChI=1S/C25H42O4/c1-2-3-4-5-6-7-8-9-10-11-12-13-14-18-21-25(28,24(26)27)29-22-23-19-16-15-17-20-23/h15-17,19-20,28H,2-14,18,21-22H2,1H3,(H,26,27).